The van der Waals surface area contributed by atoms with Crippen molar-refractivity contribution in [3.8, 4) is 0 Å². The molecule has 1 N–H and O–H groups in total. The molecule has 0 saturated carbocycles. The first-order valence-corrected chi connectivity index (χ1v) is 3.65. The van der Waals surface area contributed by atoms with Crippen LogP contribution in [0.3, 0.4) is 0 Å². The number of rotatable bonds is 0. The molecule has 0 amide bonds. The lowest BCUT2D eigenvalue weighted by atomic mass is 10.4. The molecule has 9 heavy (non-hydrogen) atoms. The van der Waals surface area contributed by atoms with Crippen molar-refractivity contribution in [3.63, 3.8) is 0 Å². The van der Waals surface area contributed by atoms with Crippen molar-refractivity contribution >= 4 is 17.2 Å². The van der Waals surface area contributed by atoms with Crippen molar-refractivity contribution in [2.24, 2.45) is 0 Å². The first kappa shape index (κ1) is 6.96. The largest absolute Gasteiger partial charge is 0.379 e. The van der Waals surface area contributed by atoms with E-state index in [0.29, 0.717) is 0 Å². The molecule has 0 aromatic carbocycles. The summed E-state index contributed by atoms with van der Waals surface area (Å²) < 4.78 is 0. The number of nitrogens with zero attached hydrogens (tertiary/aromatic N) is 1. The third-order valence-electron chi connectivity index (χ3n) is 1.45. The van der Waals surface area contributed by atoms with Crippen molar-refractivity contribution < 1.29 is 0 Å². The summed E-state index contributed by atoms with van der Waals surface area (Å²) in [5.41, 5.74) is 0. The molecule has 1 fully saturated rings. The SMILES string of the molecule is CN1CCCNC(=S)C1. The summed E-state index contributed by atoms with van der Waals surface area (Å²) >= 11 is 5.02. The zero-order valence-electron chi connectivity index (χ0n) is 5.68. The van der Waals surface area contributed by atoms with E-state index in [0.717, 1.165) is 24.6 Å². The number of thiocarbonyl (C=S) groups is 1. The maximum absolute atomic E-state index is 5.02. The van der Waals surface area contributed by atoms with Crippen LogP contribution in [-0.4, -0.2) is 36.6 Å². The number of hydrogen-bond donors (Lipinski definition) is 1. The molecule has 0 spiro atoms. The fourth-order valence-corrected chi connectivity index (χ4v) is 1.28. The molecule has 0 aromatic rings. The van der Waals surface area contributed by atoms with E-state index in [9.17, 15) is 0 Å². The van der Waals surface area contributed by atoms with E-state index < -0.39 is 0 Å². The van der Waals surface area contributed by atoms with E-state index in [1.54, 1.807) is 0 Å². The van der Waals surface area contributed by atoms with Gasteiger partial charge in [0.2, 0.25) is 0 Å². The molecule has 1 aliphatic heterocycles. The van der Waals surface area contributed by atoms with Crippen LogP contribution in [0.25, 0.3) is 0 Å². The van der Waals surface area contributed by atoms with Crippen LogP contribution in [-0.2, 0) is 0 Å². The standard InChI is InChI=1S/C6H12N2S/c1-8-4-2-3-7-6(9)5-8/h2-5H2,1H3,(H,7,9). The van der Waals surface area contributed by atoms with E-state index in [-0.39, 0.29) is 0 Å². The molecule has 0 unspecified atom stereocenters. The Labute approximate surface area is 61.2 Å². The van der Waals surface area contributed by atoms with Crippen LogP contribution in [0.4, 0.5) is 0 Å². The molecule has 1 aliphatic rings. The minimum absolute atomic E-state index is 0.926. The average Bonchev–Trinajstić information content (AvgIpc) is 1.93. The minimum Gasteiger partial charge on any atom is -0.379 e. The van der Waals surface area contributed by atoms with Gasteiger partial charge in [0.15, 0.2) is 0 Å². The normalized spacial score (nSPS) is 23.0. The van der Waals surface area contributed by atoms with Gasteiger partial charge in [-0.1, -0.05) is 12.2 Å². The predicted molar refractivity (Wildman–Crippen MR) is 42.7 cm³/mol. The molecule has 52 valence electrons. The zero-order chi connectivity index (χ0) is 6.69. The lowest BCUT2D eigenvalue weighted by Crippen LogP contribution is -2.28. The topological polar surface area (TPSA) is 15.3 Å². The smallest absolute Gasteiger partial charge is 0.0895 e. The fourth-order valence-electron chi connectivity index (χ4n) is 0.957. The van der Waals surface area contributed by atoms with Gasteiger partial charge in [0, 0.05) is 13.1 Å². The number of nitrogens with one attached hydrogen (secondary N) is 1. The Balaban J connectivity index is 2.37. The monoisotopic (exact) mass is 144 g/mol. The van der Waals surface area contributed by atoms with Gasteiger partial charge in [0.05, 0.1) is 4.99 Å². The Morgan fingerprint density at radius 1 is 1.67 bits per heavy atom. The lowest BCUT2D eigenvalue weighted by Gasteiger charge is -2.10. The Bertz CT molecular complexity index is 114. The Morgan fingerprint density at radius 2 is 2.44 bits per heavy atom. The van der Waals surface area contributed by atoms with Gasteiger partial charge < -0.3 is 5.32 Å². The quantitative estimate of drug-likeness (QED) is 0.490. The van der Waals surface area contributed by atoms with E-state index in [1.165, 1.54) is 6.42 Å². The van der Waals surface area contributed by atoms with Crippen molar-refractivity contribution in [2.75, 3.05) is 26.7 Å². The molecule has 0 aliphatic carbocycles. The summed E-state index contributed by atoms with van der Waals surface area (Å²) in [7, 11) is 2.10. The third-order valence-corrected chi connectivity index (χ3v) is 1.73. The number of hydrogen-bond acceptors (Lipinski definition) is 2. The van der Waals surface area contributed by atoms with Crippen LogP contribution in [0.1, 0.15) is 6.42 Å². The summed E-state index contributed by atoms with van der Waals surface area (Å²) in [6.07, 6.45) is 1.20. The Kier molecular flexibility index (Phi) is 2.42. The van der Waals surface area contributed by atoms with E-state index in [1.807, 2.05) is 0 Å². The predicted octanol–water partition coefficient (Wildman–Crippen LogP) is 0.239. The molecule has 0 atom stereocenters. The van der Waals surface area contributed by atoms with Crippen LogP contribution in [0, 0.1) is 0 Å². The summed E-state index contributed by atoms with van der Waals surface area (Å²) in [5, 5.41) is 3.16. The molecule has 0 bridgehead atoms. The van der Waals surface area contributed by atoms with Gasteiger partial charge in [-0.3, -0.25) is 4.90 Å². The van der Waals surface area contributed by atoms with Crippen LogP contribution in [0.2, 0.25) is 0 Å². The molecule has 1 heterocycles. The zero-order valence-corrected chi connectivity index (χ0v) is 6.50. The van der Waals surface area contributed by atoms with Gasteiger partial charge in [-0.25, -0.2) is 0 Å². The summed E-state index contributed by atoms with van der Waals surface area (Å²) in [6.45, 7) is 3.13. The fraction of sp³-hybridized carbons (Fsp3) is 0.833. The minimum atomic E-state index is 0.926. The van der Waals surface area contributed by atoms with Crippen LogP contribution >= 0.6 is 12.2 Å². The van der Waals surface area contributed by atoms with Gasteiger partial charge in [-0.2, -0.15) is 0 Å². The molecular weight excluding hydrogens is 132 g/mol. The molecule has 1 saturated heterocycles. The second-order valence-corrected chi connectivity index (χ2v) is 2.93. The average molecular weight is 144 g/mol. The number of likely N-dealkylation sites (N-methyl/N-ethyl adjacent to an activating group) is 1. The maximum atomic E-state index is 5.02. The first-order valence-electron chi connectivity index (χ1n) is 3.24. The van der Waals surface area contributed by atoms with Crippen LogP contribution in [0.15, 0.2) is 0 Å². The second-order valence-electron chi connectivity index (χ2n) is 2.44. The van der Waals surface area contributed by atoms with Crippen molar-refractivity contribution in [1.82, 2.24) is 10.2 Å². The highest BCUT2D eigenvalue weighted by molar-refractivity contribution is 7.80. The van der Waals surface area contributed by atoms with Gasteiger partial charge in [-0.05, 0) is 20.0 Å². The third kappa shape index (κ3) is 2.28. The summed E-state index contributed by atoms with van der Waals surface area (Å²) in [4.78, 5) is 3.22. The van der Waals surface area contributed by atoms with Crippen molar-refractivity contribution in [2.45, 2.75) is 6.42 Å². The van der Waals surface area contributed by atoms with Gasteiger partial charge >= 0.3 is 0 Å². The maximum Gasteiger partial charge on any atom is 0.0895 e. The summed E-state index contributed by atoms with van der Waals surface area (Å²) in [6, 6.07) is 0. The second kappa shape index (κ2) is 3.13. The molecule has 2 nitrogen and oxygen atoms in total. The molecule has 0 radical (unpaired) electrons. The molecular formula is C6H12N2S. The molecule has 3 heteroatoms. The highest BCUT2D eigenvalue weighted by Gasteiger charge is 2.05. The Hall–Kier alpha value is -0.150. The van der Waals surface area contributed by atoms with Gasteiger partial charge in [-0.15, -0.1) is 0 Å². The van der Waals surface area contributed by atoms with E-state index >= 15 is 0 Å². The van der Waals surface area contributed by atoms with Crippen molar-refractivity contribution in [3.05, 3.63) is 0 Å². The van der Waals surface area contributed by atoms with Gasteiger partial charge in [0.1, 0.15) is 0 Å². The molecule has 1 rings (SSSR count). The van der Waals surface area contributed by atoms with E-state index in [2.05, 4.69) is 17.3 Å². The highest BCUT2D eigenvalue weighted by Crippen LogP contribution is 1.91. The van der Waals surface area contributed by atoms with Gasteiger partial charge in [0.25, 0.3) is 0 Å². The Morgan fingerprint density at radius 3 is 3.22 bits per heavy atom. The van der Waals surface area contributed by atoms with Crippen molar-refractivity contribution in [1.29, 1.82) is 0 Å². The highest BCUT2D eigenvalue weighted by atomic mass is 32.1. The molecule has 0 aromatic heterocycles. The van der Waals surface area contributed by atoms with Crippen LogP contribution in [0.5, 0.6) is 0 Å². The first-order chi connectivity index (χ1) is 4.29. The lowest BCUT2D eigenvalue weighted by molar-refractivity contribution is 0.387. The summed E-state index contributed by atoms with van der Waals surface area (Å²) in [5.74, 6) is 0. The van der Waals surface area contributed by atoms with E-state index in [4.69, 9.17) is 12.2 Å². The van der Waals surface area contributed by atoms with Crippen LogP contribution < -0.4 is 5.32 Å².